The van der Waals surface area contributed by atoms with Crippen molar-refractivity contribution >= 4 is 44.2 Å². The lowest BCUT2D eigenvalue weighted by atomic mass is 9.89. The smallest absolute Gasteiger partial charge is 0.255 e. The van der Waals surface area contributed by atoms with E-state index in [1.54, 1.807) is 6.07 Å². The molecule has 0 unspecified atom stereocenters. The van der Waals surface area contributed by atoms with E-state index in [0.717, 1.165) is 41.6 Å². The molecule has 0 atom stereocenters. The van der Waals surface area contributed by atoms with Crippen LogP contribution in [-0.2, 0) is 4.79 Å². The number of anilines is 2. The topological polar surface area (TPSA) is 71.1 Å². The molecule has 4 rings (SSSR count). The first kappa shape index (κ1) is 17.7. The van der Waals surface area contributed by atoms with Gasteiger partial charge < -0.3 is 10.6 Å². The molecular formula is C21H21N3O2S. The molecule has 0 spiro atoms. The van der Waals surface area contributed by atoms with Crippen LogP contribution >= 0.6 is 11.3 Å². The quantitative estimate of drug-likeness (QED) is 0.665. The van der Waals surface area contributed by atoms with Gasteiger partial charge in [0.25, 0.3) is 5.91 Å². The van der Waals surface area contributed by atoms with E-state index < -0.39 is 0 Å². The highest BCUT2D eigenvalue weighted by Crippen LogP contribution is 2.29. The van der Waals surface area contributed by atoms with Gasteiger partial charge in [-0.2, -0.15) is 0 Å². The highest BCUT2D eigenvalue weighted by Gasteiger charge is 2.22. The number of hydrogen-bond acceptors (Lipinski definition) is 4. The molecule has 2 N–H and O–H groups in total. The summed E-state index contributed by atoms with van der Waals surface area (Å²) in [5.41, 5.74) is 2.11. The van der Waals surface area contributed by atoms with E-state index in [1.165, 1.54) is 17.8 Å². The van der Waals surface area contributed by atoms with Gasteiger partial charge in [-0.25, -0.2) is 4.98 Å². The lowest BCUT2D eigenvalue weighted by molar-refractivity contribution is -0.120. The van der Waals surface area contributed by atoms with E-state index in [9.17, 15) is 9.59 Å². The number of carbonyl (C=O) groups is 2. The van der Waals surface area contributed by atoms with E-state index in [4.69, 9.17) is 0 Å². The third-order valence-electron chi connectivity index (χ3n) is 4.89. The molecule has 27 heavy (non-hydrogen) atoms. The minimum absolute atomic E-state index is 0.0656. The van der Waals surface area contributed by atoms with Crippen LogP contribution in [0.4, 0.5) is 10.8 Å². The van der Waals surface area contributed by atoms with Crippen LogP contribution in [0.5, 0.6) is 0 Å². The number of amides is 2. The van der Waals surface area contributed by atoms with Gasteiger partial charge in [0.2, 0.25) is 5.91 Å². The Hall–Kier alpha value is -2.73. The maximum Gasteiger partial charge on any atom is 0.255 e. The summed E-state index contributed by atoms with van der Waals surface area (Å²) in [6, 6.07) is 14.8. The minimum atomic E-state index is -0.163. The first-order valence-corrected chi connectivity index (χ1v) is 10.1. The summed E-state index contributed by atoms with van der Waals surface area (Å²) in [5.74, 6) is -0.00179. The second kappa shape index (κ2) is 7.88. The number of benzene rings is 2. The van der Waals surface area contributed by atoms with Gasteiger partial charge in [-0.3, -0.25) is 9.59 Å². The number of rotatable bonds is 4. The molecule has 1 aliphatic carbocycles. The highest BCUT2D eigenvalue weighted by molar-refractivity contribution is 7.22. The molecule has 1 heterocycles. The van der Waals surface area contributed by atoms with Gasteiger partial charge in [0.1, 0.15) is 0 Å². The van der Waals surface area contributed by atoms with E-state index in [2.05, 4.69) is 15.6 Å². The summed E-state index contributed by atoms with van der Waals surface area (Å²) in [5, 5.41) is 6.44. The molecule has 0 saturated heterocycles. The summed E-state index contributed by atoms with van der Waals surface area (Å²) in [4.78, 5) is 29.4. The Morgan fingerprint density at radius 1 is 0.963 bits per heavy atom. The van der Waals surface area contributed by atoms with Crippen molar-refractivity contribution in [2.45, 2.75) is 32.1 Å². The second-order valence-corrected chi connectivity index (χ2v) is 7.88. The minimum Gasteiger partial charge on any atom is -0.322 e. The van der Waals surface area contributed by atoms with Gasteiger partial charge in [-0.1, -0.05) is 48.8 Å². The molecule has 1 fully saturated rings. The van der Waals surface area contributed by atoms with Gasteiger partial charge in [0.15, 0.2) is 5.13 Å². The predicted molar refractivity (Wildman–Crippen MR) is 109 cm³/mol. The largest absolute Gasteiger partial charge is 0.322 e. The third kappa shape index (κ3) is 4.17. The molecular weight excluding hydrogens is 358 g/mol. The van der Waals surface area contributed by atoms with E-state index in [-0.39, 0.29) is 17.7 Å². The standard InChI is InChI=1S/C21H21N3O2S/c25-19(14-7-3-1-4-8-14)24-21-23-17-12-11-15(13-18(17)27-21)20(26)22-16-9-5-2-6-10-16/h2,5-6,9-14H,1,3-4,7-8H2,(H,22,26)(H,23,24,25). The number of thiazole rings is 1. The maximum atomic E-state index is 12.5. The van der Waals surface area contributed by atoms with Crippen molar-refractivity contribution in [1.82, 2.24) is 4.98 Å². The average molecular weight is 379 g/mol. The lowest BCUT2D eigenvalue weighted by Gasteiger charge is -2.19. The fourth-order valence-corrected chi connectivity index (χ4v) is 4.32. The number of hydrogen-bond donors (Lipinski definition) is 2. The molecule has 1 aliphatic rings. The molecule has 6 heteroatoms. The van der Waals surface area contributed by atoms with Gasteiger partial charge in [-0.05, 0) is 43.2 Å². The van der Waals surface area contributed by atoms with Crippen molar-refractivity contribution in [2.75, 3.05) is 10.6 Å². The van der Waals surface area contributed by atoms with Gasteiger partial charge in [-0.15, -0.1) is 0 Å². The number of para-hydroxylation sites is 1. The van der Waals surface area contributed by atoms with Crippen LogP contribution in [-0.4, -0.2) is 16.8 Å². The van der Waals surface area contributed by atoms with E-state index >= 15 is 0 Å². The Kier molecular flexibility index (Phi) is 5.16. The van der Waals surface area contributed by atoms with Crippen molar-refractivity contribution in [2.24, 2.45) is 5.92 Å². The number of aromatic nitrogens is 1. The fraction of sp³-hybridized carbons (Fsp3) is 0.286. The van der Waals surface area contributed by atoms with Crippen LogP contribution in [0.3, 0.4) is 0 Å². The average Bonchev–Trinajstić information content (AvgIpc) is 3.10. The molecule has 1 saturated carbocycles. The highest BCUT2D eigenvalue weighted by atomic mass is 32.1. The normalized spacial score (nSPS) is 14.8. The SMILES string of the molecule is O=C(Nc1ccccc1)c1ccc2nc(NC(=O)C3CCCCC3)sc2c1. The van der Waals surface area contributed by atoms with Crippen molar-refractivity contribution in [1.29, 1.82) is 0 Å². The molecule has 1 aromatic heterocycles. The maximum absolute atomic E-state index is 12.5. The summed E-state index contributed by atoms with van der Waals surface area (Å²) < 4.78 is 0.884. The monoisotopic (exact) mass is 379 g/mol. The summed E-state index contributed by atoms with van der Waals surface area (Å²) in [6.07, 6.45) is 5.38. The molecule has 3 aromatic rings. The molecule has 0 bridgehead atoms. The predicted octanol–water partition coefficient (Wildman–Crippen LogP) is 5.07. The van der Waals surface area contributed by atoms with Crippen LogP contribution in [0.2, 0.25) is 0 Å². The van der Waals surface area contributed by atoms with Gasteiger partial charge in [0, 0.05) is 17.2 Å². The van der Waals surface area contributed by atoms with Crippen molar-refractivity contribution in [3.8, 4) is 0 Å². The third-order valence-corrected chi connectivity index (χ3v) is 5.82. The van der Waals surface area contributed by atoms with Gasteiger partial charge in [0.05, 0.1) is 10.2 Å². The van der Waals surface area contributed by atoms with Crippen molar-refractivity contribution in [3.05, 3.63) is 54.1 Å². The Bertz CT molecular complexity index is 962. The fourth-order valence-electron chi connectivity index (χ4n) is 3.42. The van der Waals surface area contributed by atoms with Crippen LogP contribution in [0.25, 0.3) is 10.2 Å². The first-order valence-electron chi connectivity index (χ1n) is 9.27. The van der Waals surface area contributed by atoms with Crippen LogP contribution in [0.1, 0.15) is 42.5 Å². The molecule has 0 aliphatic heterocycles. The van der Waals surface area contributed by atoms with E-state index in [0.29, 0.717) is 10.7 Å². The Labute approximate surface area is 161 Å². The molecule has 2 amide bonds. The molecule has 5 nitrogen and oxygen atoms in total. The summed E-state index contributed by atoms with van der Waals surface area (Å²) in [6.45, 7) is 0. The van der Waals surface area contributed by atoms with Crippen LogP contribution in [0.15, 0.2) is 48.5 Å². The molecule has 2 aromatic carbocycles. The second-order valence-electron chi connectivity index (χ2n) is 6.85. The zero-order chi connectivity index (χ0) is 18.6. The Morgan fingerprint density at radius 3 is 2.52 bits per heavy atom. The molecule has 0 radical (unpaired) electrons. The number of nitrogens with zero attached hydrogens (tertiary/aromatic N) is 1. The summed E-state index contributed by atoms with van der Waals surface area (Å²) in [7, 11) is 0. The van der Waals surface area contributed by atoms with Crippen LogP contribution < -0.4 is 10.6 Å². The van der Waals surface area contributed by atoms with Gasteiger partial charge >= 0.3 is 0 Å². The number of fused-ring (bicyclic) bond motifs is 1. The first-order chi connectivity index (χ1) is 13.2. The van der Waals surface area contributed by atoms with Crippen molar-refractivity contribution < 1.29 is 9.59 Å². The molecule has 138 valence electrons. The lowest BCUT2D eigenvalue weighted by Crippen LogP contribution is -2.24. The number of nitrogens with one attached hydrogen (secondary N) is 2. The zero-order valence-corrected chi connectivity index (χ0v) is 15.7. The Balaban J connectivity index is 1.48. The van der Waals surface area contributed by atoms with Crippen molar-refractivity contribution in [3.63, 3.8) is 0 Å². The van der Waals surface area contributed by atoms with E-state index in [1.807, 2.05) is 42.5 Å². The Morgan fingerprint density at radius 2 is 1.74 bits per heavy atom. The zero-order valence-electron chi connectivity index (χ0n) is 14.9. The number of carbonyl (C=O) groups excluding carboxylic acids is 2. The summed E-state index contributed by atoms with van der Waals surface area (Å²) >= 11 is 1.40. The van der Waals surface area contributed by atoms with Crippen LogP contribution in [0, 0.1) is 5.92 Å².